The van der Waals surface area contributed by atoms with Crippen molar-refractivity contribution in [2.45, 2.75) is 56.3 Å². The van der Waals surface area contributed by atoms with E-state index in [9.17, 15) is 0 Å². The zero-order valence-electron chi connectivity index (χ0n) is 11.4. The number of hydrogen-bond acceptors (Lipinski definition) is 4. The summed E-state index contributed by atoms with van der Waals surface area (Å²) in [7, 11) is 0. The smallest absolute Gasteiger partial charge is 0.150 e. The second-order valence-corrected chi connectivity index (χ2v) is 7.34. The number of hydrogen-bond donors (Lipinski definition) is 1. The van der Waals surface area contributed by atoms with E-state index in [1.54, 1.807) is 11.3 Å². The summed E-state index contributed by atoms with van der Waals surface area (Å²) in [5, 5.41) is 5.85. The van der Waals surface area contributed by atoms with E-state index in [2.05, 4.69) is 29.5 Å². The number of rotatable bonds is 7. The maximum Gasteiger partial charge on any atom is 0.150 e. The van der Waals surface area contributed by atoms with Gasteiger partial charge in [-0.2, -0.15) is 0 Å². The maximum absolute atomic E-state index is 4.51. The van der Waals surface area contributed by atoms with Crippen LogP contribution in [0.25, 0.3) is 0 Å². The number of thiazole rings is 1. The van der Waals surface area contributed by atoms with Crippen LogP contribution in [0.2, 0.25) is 0 Å². The Hall–Kier alpha value is -0.0600. The van der Waals surface area contributed by atoms with Gasteiger partial charge in [0.2, 0.25) is 0 Å². The number of aryl methyl sites for hydroxylation is 1. The van der Waals surface area contributed by atoms with Crippen LogP contribution in [0, 0.1) is 12.8 Å². The van der Waals surface area contributed by atoms with Crippen molar-refractivity contribution in [1.29, 1.82) is 0 Å². The molecule has 0 aliphatic heterocycles. The van der Waals surface area contributed by atoms with Crippen LogP contribution >= 0.6 is 23.1 Å². The molecule has 18 heavy (non-hydrogen) atoms. The van der Waals surface area contributed by atoms with Crippen molar-refractivity contribution < 1.29 is 0 Å². The lowest BCUT2D eigenvalue weighted by Crippen LogP contribution is -2.33. The van der Waals surface area contributed by atoms with Crippen molar-refractivity contribution in [2.24, 2.45) is 5.92 Å². The van der Waals surface area contributed by atoms with E-state index in [-0.39, 0.29) is 0 Å². The number of nitrogens with one attached hydrogen (secondary N) is 1. The first-order valence-electron chi connectivity index (χ1n) is 7.08. The molecule has 0 radical (unpaired) electrons. The van der Waals surface area contributed by atoms with Gasteiger partial charge < -0.3 is 5.32 Å². The Morgan fingerprint density at radius 2 is 2.39 bits per heavy atom. The summed E-state index contributed by atoms with van der Waals surface area (Å²) in [6, 6.07) is 0.781. The Bertz CT molecular complexity index is 351. The maximum atomic E-state index is 4.51. The van der Waals surface area contributed by atoms with Crippen LogP contribution in [-0.4, -0.2) is 23.3 Å². The summed E-state index contributed by atoms with van der Waals surface area (Å²) >= 11 is 3.72. The van der Waals surface area contributed by atoms with Crippen LogP contribution in [-0.2, 0) is 0 Å². The molecule has 2 rings (SSSR count). The highest BCUT2D eigenvalue weighted by molar-refractivity contribution is 8.00. The Labute approximate surface area is 119 Å². The summed E-state index contributed by atoms with van der Waals surface area (Å²) in [6.07, 6.45) is 6.79. The van der Waals surface area contributed by atoms with E-state index in [1.165, 1.54) is 48.7 Å². The molecular formula is C14H24N2S2. The highest BCUT2D eigenvalue weighted by Gasteiger charge is 2.25. The summed E-state index contributed by atoms with van der Waals surface area (Å²) < 4.78 is 1.24. The second kappa shape index (κ2) is 7.51. The zero-order valence-corrected chi connectivity index (χ0v) is 13.1. The Kier molecular flexibility index (Phi) is 5.99. The molecule has 1 aromatic rings. The third kappa shape index (κ3) is 4.25. The molecule has 1 fully saturated rings. The Balaban J connectivity index is 1.69. The molecule has 102 valence electrons. The molecule has 1 aliphatic carbocycles. The van der Waals surface area contributed by atoms with E-state index in [0.717, 1.165) is 17.7 Å². The molecule has 1 aliphatic rings. The molecule has 1 aromatic heterocycles. The Morgan fingerprint density at radius 1 is 1.50 bits per heavy atom. The van der Waals surface area contributed by atoms with Gasteiger partial charge in [0.05, 0.1) is 0 Å². The average Bonchev–Trinajstić information content (AvgIpc) is 2.96. The monoisotopic (exact) mass is 284 g/mol. The van der Waals surface area contributed by atoms with Crippen molar-refractivity contribution in [3.05, 3.63) is 11.1 Å². The minimum atomic E-state index is 0.781. The predicted octanol–water partition coefficient (Wildman–Crippen LogP) is 4.10. The first kappa shape index (κ1) is 14.4. The van der Waals surface area contributed by atoms with Crippen molar-refractivity contribution in [2.75, 3.05) is 12.3 Å². The fraction of sp³-hybridized carbons (Fsp3) is 0.786. The van der Waals surface area contributed by atoms with Crippen LogP contribution < -0.4 is 5.32 Å². The van der Waals surface area contributed by atoms with Crippen LogP contribution in [0.5, 0.6) is 0 Å². The van der Waals surface area contributed by atoms with Gasteiger partial charge in [-0.15, -0.1) is 11.3 Å². The highest BCUT2D eigenvalue weighted by Crippen LogP contribution is 2.31. The van der Waals surface area contributed by atoms with E-state index >= 15 is 0 Å². The lowest BCUT2D eigenvalue weighted by Gasteiger charge is -2.20. The fourth-order valence-electron chi connectivity index (χ4n) is 2.68. The minimum Gasteiger partial charge on any atom is -0.314 e. The quantitative estimate of drug-likeness (QED) is 0.763. The second-order valence-electron chi connectivity index (χ2n) is 5.14. The SMILES string of the molecule is CCCNC1CCCC1CCSc1nc(C)cs1. The molecule has 2 atom stereocenters. The van der Waals surface area contributed by atoms with Gasteiger partial charge in [0, 0.05) is 22.9 Å². The molecule has 0 aromatic carbocycles. The van der Waals surface area contributed by atoms with Gasteiger partial charge in [-0.1, -0.05) is 25.1 Å². The van der Waals surface area contributed by atoms with Crippen LogP contribution in [0.15, 0.2) is 9.72 Å². The van der Waals surface area contributed by atoms with Gasteiger partial charge in [-0.05, 0) is 45.1 Å². The van der Waals surface area contributed by atoms with E-state index in [0.29, 0.717) is 0 Å². The van der Waals surface area contributed by atoms with Gasteiger partial charge >= 0.3 is 0 Å². The average molecular weight is 284 g/mol. The van der Waals surface area contributed by atoms with Crippen molar-refractivity contribution in [3.8, 4) is 0 Å². The third-order valence-corrected chi connectivity index (χ3v) is 5.80. The van der Waals surface area contributed by atoms with Crippen LogP contribution in [0.4, 0.5) is 0 Å². The molecule has 0 bridgehead atoms. The van der Waals surface area contributed by atoms with Gasteiger partial charge in [-0.25, -0.2) is 4.98 Å². The molecular weight excluding hydrogens is 260 g/mol. The van der Waals surface area contributed by atoms with E-state index in [4.69, 9.17) is 0 Å². The lowest BCUT2D eigenvalue weighted by atomic mass is 10.0. The highest BCUT2D eigenvalue weighted by atomic mass is 32.2. The number of nitrogens with zero attached hydrogens (tertiary/aromatic N) is 1. The molecule has 0 spiro atoms. The fourth-order valence-corrected chi connectivity index (χ4v) is 4.67. The molecule has 1 N–H and O–H groups in total. The summed E-state index contributed by atoms with van der Waals surface area (Å²) in [4.78, 5) is 4.51. The topological polar surface area (TPSA) is 24.9 Å². The molecule has 2 nitrogen and oxygen atoms in total. The van der Waals surface area contributed by atoms with Crippen molar-refractivity contribution in [3.63, 3.8) is 0 Å². The Morgan fingerprint density at radius 3 is 3.11 bits per heavy atom. The van der Waals surface area contributed by atoms with Gasteiger partial charge in [0.25, 0.3) is 0 Å². The van der Waals surface area contributed by atoms with E-state index in [1.807, 2.05) is 11.8 Å². The number of aromatic nitrogens is 1. The molecule has 0 saturated heterocycles. The number of thioether (sulfide) groups is 1. The molecule has 1 heterocycles. The molecule has 1 saturated carbocycles. The third-order valence-electron chi connectivity index (χ3n) is 3.63. The first-order valence-corrected chi connectivity index (χ1v) is 8.94. The molecule has 4 heteroatoms. The van der Waals surface area contributed by atoms with Gasteiger partial charge in [-0.3, -0.25) is 0 Å². The summed E-state index contributed by atoms with van der Waals surface area (Å²) in [6.45, 7) is 5.50. The van der Waals surface area contributed by atoms with Gasteiger partial charge in [0.1, 0.15) is 4.34 Å². The normalized spacial score (nSPS) is 23.7. The van der Waals surface area contributed by atoms with Crippen molar-refractivity contribution >= 4 is 23.1 Å². The standard InChI is InChI=1S/C14H24N2S2/c1-3-8-15-13-6-4-5-12(13)7-9-17-14-16-11(2)10-18-14/h10,12-13,15H,3-9H2,1-2H3. The minimum absolute atomic E-state index is 0.781. The zero-order chi connectivity index (χ0) is 12.8. The largest absolute Gasteiger partial charge is 0.314 e. The van der Waals surface area contributed by atoms with Crippen LogP contribution in [0.1, 0.15) is 44.7 Å². The first-order chi connectivity index (χ1) is 8.79. The summed E-state index contributed by atoms with van der Waals surface area (Å²) in [5.74, 6) is 2.12. The summed E-state index contributed by atoms with van der Waals surface area (Å²) in [5.41, 5.74) is 1.16. The van der Waals surface area contributed by atoms with Gasteiger partial charge in [0.15, 0.2) is 0 Å². The van der Waals surface area contributed by atoms with Crippen LogP contribution in [0.3, 0.4) is 0 Å². The molecule has 0 amide bonds. The molecule has 2 unspecified atom stereocenters. The lowest BCUT2D eigenvalue weighted by molar-refractivity contribution is 0.393. The predicted molar refractivity (Wildman–Crippen MR) is 81.6 cm³/mol. The van der Waals surface area contributed by atoms with Crippen molar-refractivity contribution in [1.82, 2.24) is 10.3 Å². The van der Waals surface area contributed by atoms with E-state index < -0.39 is 0 Å².